The van der Waals surface area contributed by atoms with Crippen molar-refractivity contribution in [3.05, 3.63) is 27.7 Å². The van der Waals surface area contributed by atoms with E-state index in [2.05, 4.69) is 9.72 Å². The maximum Gasteiger partial charge on any atom is 0.367 e. The summed E-state index contributed by atoms with van der Waals surface area (Å²) in [5.74, 6) is -1.55. The number of hydrogen-bond donors (Lipinski definition) is 0. The molecule has 1 rings (SSSR count). The molecule has 1 heterocycles. The Morgan fingerprint density at radius 3 is 2.69 bits per heavy atom. The summed E-state index contributed by atoms with van der Waals surface area (Å²) in [5.41, 5.74) is 0.349. The Hall–Kier alpha value is -1.72. The molecular weight excluding hydrogens is 179 g/mol. The molecule has 0 bridgehead atoms. The molecule has 0 saturated carbocycles. The van der Waals surface area contributed by atoms with Crippen LogP contribution in [0.1, 0.15) is 5.56 Å². The summed E-state index contributed by atoms with van der Waals surface area (Å²) in [6.07, 6.45) is 0. The van der Waals surface area contributed by atoms with Crippen LogP contribution in [0.25, 0.3) is 0 Å². The van der Waals surface area contributed by atoms with Crippen molar-refractivity contribution in [2.75, 3.05) is 7.11 Å². The maximum atomic E-state index is 12.9. The Labute approximate surface area is 73.3 Å². The first kappa shape index (κ1) is 9.37. The Kier molecular flexibility index (Phi) is 2.41. The van der Waals surface area contributed by atoms with Crippen LogP contribution in [0.15, 0.2) is 6.07 Å². The quantitative estimate of drug-likeness (QED) is 0.398. The first-order valence-corrected chi connectivity index (χ1v) is 3.41. The van der Waals surface area contributed by atoms with Gasteiger partial charge in [0.05, 0.1) is 7.11 Å². The van der Waals surface area contributed by atoms with E-state index in [4.69, 9.17) is 0 Å². The standard InChI is InChI=1S/C7H7FN2O3/c1-4-3-5(10(11)12)9-7(8)6(4)13-2/h3H,1-2H3. The first-order chi connectivity index (χ1) is 6.06. The van der Waals surface area contributed by atoms with Crippen LogP contribution in [0.5, 0.6) is 5.75 Å². The molecule has 0 saturated heterocycles. The molecule has 6 heteroatoms. The summed E-state index contributed by atoms with van der Waals surface area (Å²) in [4.78, 5) is 12.6. The third-order valence-corrected chi connectivity index (χ3v) is 1.50. The minimum Gasteiger partial charge on any atom is -0.490 e. The van der Waals surface area contributed by atoms with Crippen LogP contribution >= 0.6 is 0 Å². The average molecular weight is 186 g/mol. The first-order valence-electron chi connectivity index (χ1n) is 3.41. The zero-order valence-electron chi connectivity index (χ0n) is 7.07. The third-order valence-electron chi connectivity index (χ3n) is 1.50. The number of pyridine rings is 1. The molecule has 0 atom stereocenters. The van der Waals surface area contributed by atoms with Gasteiger partial charge < -0.3 is 14.9 Å². The second-order valence-electron chi connectivity index (χ2n) is 2.38. The van der Waals surface area contributed by atoms with E-state index >= 15 is 0 Å². The Morgan fingerprint density at radius 1 is 1.69 bits per heavy atom. The topological polar surface area (TPSA) is 65.3 Å². The van der Waals surface area contributed by atoms with Crippen molar-refractivity contribution in [1.82, 2.24) is 4.98 Å². The van der Waals surface area contributed by atoms with E-state index < -0.39 is 16.7 Å². The van der Waals surface area contributed by atoms with Gasteiger partial charge in [-0.1, -0.05) is 0 Å². The lowest BCUT2D eigenvalue weighted by atomic mass is 10.2. The summed E-state index contributed by atoms with van der Waals surface area (Å²) < 4.78 is 17.6. The van der Waals surface area contributed by atoms with E-state index in [1.54, 1.807) is 0 Å². The van der Waals surface area contributed by atoms with Crippen LogP contribution in [0, 0.1) is 23.0 Å². The highest BCUT2D eigenvalue weighted by Crippen LogP contribution is 2.23. The molecule has 0 fully saturated rings. The number of rotatable bonds is 2. The minimum atomic E-state index is -0.964. The molecule has 5 nitrogen and oxygen atoms in total. The van der Waals surface area contributed by atoms with E-state index in [1.165, 1.54) is 14.0 Å². The van der Waals surface area contributed by atoms with Gasteiger partial charge in [-0.05, 0) is 16.8 Å². The highest BCUT2D eigenvalue weighted by Gasteiger charge is 2.18. The highest BCUT2D eigenvalue weighted by atomic mass is 19.1. The number of nitro groups is 1. The summed E-state index contributed by atoms with van der Waals surface area (Å²) in [6.45, 7) is 1.51. The predicted molar refractivity (Wildman–Crippen MR) is 42.1 cm³/mol. The Bertz CT molecular complexity index is 331. The monoisotopic (exact) mass is 186 g/mol. The number of ether oxygens (including phenoxy) is 1. The molecule has 0 radical (unpaired) electrons. The van der Waals surface area contributed by atoms with Gasteiger partial charge in [-0.2, -0.15) is 4.39 Å². The SMILES string of the molecule is COc1c(C)cc([N+](=O)[O-])nc1F. The number of halogens is 1. The van der Waals surface area contributed by atoms with Gasteiger partial charge in [-0.15, -0.1) is 0 Å². The van der Waals surface area contributed by atoms with Gasteiger partial charge in [-0.3, -0.25) is 0 Å². The van der Waals surface area contributed by atoms with Crippen LogP contribution in [0.2, 0.25) is 0 Å². The fraction of sp³-hybridized carbons (Fsp3) is 0.286. The molecule has 13 heavy (non-hydrogen) atoms. The van der Waals surface area contributed by atoms with E-state index in [9.17, 15) is 14.5 Å². The van der Waals surface area contributed by atoms with Crippen molar-refractivity contribution in [3.63, 3.8) is 0 Å². The smallest absolute Gasteiger partial charge is 0.367 e. The van der Waals surface area contributed by atoms with Crippen molar-refractivity contribution in [3.8, 4) is 5.75 Å². The molecule has 0 aliphatic heterocycles. The number of aryl methyl sites for hydroxylation is 1. The van der Waals surface area contributed by atoms with Gasteiger partial charge in [-0.25, -0.2) is 0 Å². The highest BCUT2D eigenvalue weighted by molar-refractivity contribution is 5.37. The fourth-order valence-corrected chi connectivity index (χ4v) is 0.944. The van der Waals surface area contributed by atoms with Gasteiger partial charge in [0.2, 0.25) is 5.75 Å². The number of aromatic nitrogens is 1. The Morgan fingerprint density at radius 2 is 2.31 bits per heavy atom. The van der Waals surface area contributed by atoms with Gasteiger partial charge >= 0.3 is 11.8 Å². The van der Waals surface area contributed by atoms with Gasteiger partial charge in [0.25, 0.3) is 0 Å². The molecule has 1 aromatic heterocycles. The summed E-state index contributed by atoms with van der Waals surface area (Å²) in [5, 5.41) is 10.2. The molecule has 0 aliphatic carbocycles. The van der Waals surface area contributed by atoms with Gasteiger partial charge in [0.1, 0.15) is 0 Å². The number of hydrogen-bond acceptors (Lipinski definition) is 4. The Balaban J connectivity index is 3.28. The van der Waals surface area contributed by atoms with E-state index in [1.807, 2.05) is 0 Å². The fourth-order valence-electron chi connectivity index (χ4n) is 0.944. The predicted octanol–water partition coefficient (Wildman–Crippen LogP) is 1.45. The van der Waals surface area contributed by atoms with Crippen LogP contribution in [0.3, 0.4) is 0 Å². The van der Waals surface area contributed by atoms with Crippen molar-refractivity contribution in [2.45, 2.75) is 6.92 Å². The lowest BCUT2D eigenvalue weighted by molar-refractivity contribution is -0.390. The second kappa shape index (κ2) is 3.34. The van der Waals surface area contributed by atoms with Crippen molar-refractivity contribution < 1.29 is 14.1 Å². The molecule has 70 valence electrons. The maximum absolute atomic E-state index is 12.9. The number of methoxy groups -OCH3 is 1. The largest absolute Gasteiger partial charge is 0.490 e. The summed E-state index contributed by atoms with van der Waals surface area (Å²) in [6, 6.07) is 1.15. The molecular formula is C7H7FN2O3. The molecule has 0 aliphatic rings. The summed E-state index contributed by atoms with van der Waals surface area (Å²) in [7, 11) is 1.28. The lowest BCUT2D eigenvalue weighted by Gasteiger charge is -2.01. The van der Waals surface area contributed by atoms with E-state index in [0.29, 0.717) is 5.56 Å². The van der Waals surface area contributed by atoms with Crippen LogP contribution < -0.4 is 4.74 Å². The molecule has 1 aromatic rings. The zero-order chi connectivity index (χ0) is 10.0. The second-order valence-corrected chi connectivity index (χ2v) is 2.38. The van der Waals surface area contributed by atoms with Crippen molar-refractivity contribution in [2.24, 2.45) is 0 Å². The lowest BCUT2D eigenvalue weighted by Crippen LogP contribution is -1.99. The zero-order valence-corrected chi connectivity index (χ0v) is 7.07. The van der Waals surface area contributed by atoms with Crippen molar-refractivity contribution >= 4 is 5.82 Å². The minimum absolute atomic E-state index is 0.0643. The van der Waals surface area contributed by atoms with Gasteiger partial charge in [0.15, 0.2) is 0 Å². The third kappa shape index (κ3) is 1.71. The van der Waals surface area contributed by atoms with E-state index in [-0.39, 0.29) is 5.75 Å². The van der Waals surface area contributed by atoms with Crippen LogP contribution in [-0.2, 0) is 0 Å². The van der Waals surface area contributed by atoms with Crippen molar-refractivity contribution in [1.29, 1.82) is 0 Å². The van der Waals surface area contributed by atoms with Crippen LogP contribution in [-0.4, -0.2) is 17.0 Å². The van der Waals surface area contributed by atoms with Gasteiger partial charge in [0, 0.05) is 11.6 Å². The molecule has 0 unspecified atom stereocenters. The normalized spacial score (nSPS) is 9.77. The molecule has 0 spiro atoms. The summed E-state index contributed by atoms with van der Waals surface area (Å²) >= 11 is 0. The molecule has 0 amide bonds. The average Bonchev–Trinajstić information content (AvgIpc) is 2.03. The molecule has 0 aromatic carbocycles. The molecule has 0 N–H and O–H groups in total. The van der Waals surface area contributed by atoms with Crippen LogP contribution in [0.4, 0.5) is 10.2 Å². The van der Waals surface area contributed by atoms with E-state index in [0.717, 1.165) is 6.07 Å². The number of nitrogens with zero attached hydrogens (tertiary/aromatic N) is 2.